The SMILES string of the molecule is CCC(C)[C@H](N)C(=O)NCc1ccc(S(N)(=O)=O)cc1. The van der Waals surface area contributed by atoms with Crippen molar-refractivity contribution < 1.29 is 13.2 Å². The number of sulfonamides is 1. The van der Waals surface area contributed by atoms with Crippen LogP contribution in [0, 0.1) is 5.92 Å². The highest BCUT2D eigenvalue weighted by molar-refractivity contribution is 7.89. The lowest BCUT2D eigenvalue weighted by Gasteiger charge is -2.17. The molecule has 1 aromatic carbocycles. The van der Waals surface area contributed by atoms with Gasteiger partial charge in [0, 0.05) is 6.54 Å². The highest BCUT2D eigenvalue weighted by Crippen LogP contribution is 2.09. The molecule has 0 saturated carbocycles. The zero-order valence-electron chi connectivity index (χ0n) is 11.7. The first-order chi connectivity index (χ1) is 9.25. The van der Waals surface area contributed by atoms with Gasteiger partial charge >= 0.3 is 0 Å². The number of rotatable bonds is 6. The molecule has 0 radical (unpaired) electrons. The van der Waals surface area contributed by atoms with E-state index in [2.05, 4.69) is 5.32 Å². The monoisotopic (exact) mass is 299 g/mol. The Morgan fingerprint density at radius 1 is 1.30 bits per heavy atom. The second-order valence-corrected chi connectivity index (χ2v) is 6.38. The summed E-state index contributed by atoms with van der Waals surface area (Å²) in [5.74, 6) is -0.102. The van der Waals surface area contributed by atoms with Gasteiger partial charge in [-0.3, -0.25) is 4.79 Å². The molecule has 0 aliphatic carbocycles. The molecule has 0 heterocycles. The maximum atomic E-state index is 11.8. The normalized spacial score (nSPS) is 14.6. The fraction of sp³-hybridized carbons (Fsp3) is 0.462. The first-order valence-corrected chi connectivity index (χ1v) is 7.95. The number of nitrogens with two attached hydrogens (primary N) is 2. The Hall–Kier alpha value is -1.44. The lowest BCUT2D eigenvalue weighted by atomic mass is 9.99. The molecule has 6 nitrogen and oxygen atoms in total. The van der Waals surface area contributed by atoms with Gasteiger partial charge in [-0.15, -0.1) is 0 Å². The molecule has 0 aliphatic heterocycles. The van der Waals surface area contributed by atoms with Crippen LogP contribution in [0.5, 0.6) is 0 Å². The van der Waals surface area contributed by atoms with Crippen LogP contribution in [0.3, 0.4) is 0 Å². The van der Waals surface area contributed by atoms with Gasteiger partial charge in [0.15, 0.2) is 0 Å². The number of primary sulfonamides is 1. The van der Waals surface area contributed by atoms with Gasteiger partial charge in [-0.25, -0.2) is 13.6 Å². The standard InChI is InChI=1S/C13H21N3O3S/c1-3-9(2)12(14)13(17)16-8-10-4-6-11(7-5-10)20(15,18)19/h4-7,9,12H,3,8,14H2,1-2H3,(H,16,17)(H2,15,18,19)/t9?,12-/m0/s1. The van der Waals surface area contributed by atoms with E-state index in [4.69, 9.17) is 10.9 Å². The van der Waals surface area contributed by atoms with Gasteiger partial charge in [0.05, 0.1) is 10.9 Å². The summed E-state index contributed by atoms with van der Waals surface area (Å²) in [6.07, 6.45) is 0.831. The summed E-state index contributed by atoms with van der Waals surface area (Å²) < 4.78 is 22.2. The molecule has 1 rings (SSSR count). The van der Waals surface area contributed by atoms with Gasteiger partial charge in [-0.1, -0.05) is 32.4 Å². The molecule has 2 atom stereocenters. The van der Waals surface area contributed by atoms with E-state index in [9.17, 15) is 13.2 Å². The smallest absolute Gasteiger partial charge is 0.238 e. The number of hydrogen-bond acceptors (Lipinski definition) is 4. The fourth-order valence-corrected chi connectivity index (χ4v) is 2.13. The van der Waals surface area contributed by atoms with E-state index in [1.807, 2.05) is 13.8 Å². The first kappa shape index (κ1) is 16.6. The molecule has 0 fully saturated rings. The predicted octanol–water partition coefficient (Wildman–Crippen LogP) is 0.324. The summed E-state index contributed by atoms with van der Waals surface area (Å²) in [6, 6.07) is 5.49. The van der Waals surface area contributed by atoms with Crippen molar-refractivity contribution in [2.75, 3.05) is 0 Å². The van der Waals surface area contributed by atoms with E-state index in [0.717, 1.165) is 12.0 Å². The summed E-state index contributed by atoms with van der Waals surface area (Å²) in [4.78, 5) is 11.8. The number of carbonyl (C=O) groups is 1. The molecular formula is C13H21N3O3S. The highest BCUT2D eigenvalue weighted by Gasteiger charge is 2.18. The molecule has 0 bridgehead atoms. The minimum Gasteiger partial charge on any atom is -0.351 e. The summed E-state index contributed by atoms with van der Waals surface area (Å²) in [5, 5.41) is 7.73. The predicted molar refractivity (Wildman–Crippen MR) is 77.1 cm³/mol. The van der Waals surface area contributed by atoms with Gasteiger partial charge in [0.25, 0.3) is 0 Å². The van der Waals surface area contributed by atoms with E-state index in [1.165, 1.54) is 12.1 Å². The molecule has 5 N–H and O–H groups in total. The molecule has 7 heteroatoms. The molecule has 20 heavy (non-hydrogen) atoms. The third-order valence-electron chi connectivity index (χ3n) is 3.28. The molecule has 0 spiro atoms. The first-order valence-electron chi connectivity index (χ1n) is 6.40. The van der Waals surface area contributed by atoms with Crippen molar-refractivity contribution in [3.05, 3.63) is 29.8 Å². The molecule has 0 aromatic heterocycles. The van der Waals surface area contributed by atoms with Crippen LogP contribution >= 0.6 is 0 Å². The van der Waals surface area contributed by atoms with Crippen molar-refractivity contribution in [1.29, 1.82) is 0 Å². The van der Waals surface area contributed by atoms with Gasteiger partial charge < -0.3 is 11.1 Å². The molecule has 0 saturated heterocycles. The lowest BCUT2D eigenvalue weighted by molar-refractivity contribution is -0.123. The van der Waals surface area contributed by atoms with Crippen LogP contribution in [-0.2, 0) is 21.4 Å². The Kier molecular flexibility index (Phi) is 5.67. The molecule has 1 aromatic rings. The van der Waals surface area contributed by atoms with E-state index in [-0.39, 0.29) is 16.7 Å². The number of hydrogen-bond donors (Lipinski definition) is 3. The fourth-order valence-electron chi connectivity index (χ4n) is 1.62. The van der Waals surface area contributed by atoms with Crippen LogP contribution in [0.2, 0.25) is 0 Å². The Morgan fingerprint density at radius 2 is 1.85 bits per heavy atom. The second kappa shape index (κ2) is 6.83. The van der Waals surface area contributed by atoms with E-state index < -0.39 is 16.1 Å². The summed E-state index contributed by atoms with van der Waals surface area (Å²) >= 11 is 0. The largest absolute Gasteiger partial charge is 0.351 e. The lowest BCUT2D eigenvalue weighted by Crippen LogP contribution is -2.44. The number of amides is 1. The maximum absolute atomic E-state index is 11.8. The number of benzene rings is 1. The van der Waals surface area contributed by atoms with Gasteiger partial charge in [-0.2, -0.15) is 0 Å². The Bertz CT molecular complexity index is 555. The second-order valence-electron chi connectivity index (χ2n) is 4.82. The maximum Gasteiger partial charge on any atom is 0.238 e. The third-order valence-corrected chi connectivity index (χ3v) is 4.21. The highest BCUT2D eigenvalue weighted by atomic mass is 32.2. The number of carbonyl (C=O) groups excluding carboxylic acids is 1. The van der Waals surface area contributed by atoms with Gasteiger partial charge in [0.1, 0.15) is 0 Å². The zero-order valence-corrected chi connectivity index (χ0v) is 12.5. The summed E-state index contributed by atoms with van der Waals surface area (Å²) in [5.41, 5.74) is 6.59. The summed E-state index contributed by atoms with van der Waals surface area (Å²) in [6.45, 7) is 4.20. The molecular weight excluding hydrogens is 278 g/mol. The zero-order chi connectivity index (χ0) is 15.3. The van der Waals surface area contributed by atoms with E-state index in [0.29, 0.717) is 6.54 Å². The topological polar surface area (TPSA) is 115 Å². The van der Waals surface area contributed by atoms with Crippen molar-refractivity contribution >= 4 is 15.9 Å². The van der Waals surface area contributed by atoms with Crippen LogP contribution in [0.4, 0.5) is 0 Å². The van der Waals surface area contributed by atoms with Crippen molar-refractivity contribution in [2.45, 2.75) is 37.8 Å². The minimum atomic E-state index is -3.69. The van der Waals surface area contributed by atoms with Crippen LogP contribution in [0.15, 0.2) is 29.2 Å². The Labute approximate surface area is 119 Å². The average molecular weight is 299 g/mol. The van der Waals surface area contributed by atoms with Crippen molar-refractivity contribution in [1.82, 2.24) is 5.32 Å². The van der Waals surface area contributed by atoms with Crippen LogP contribution in [-0.4, -0.2) is 20.4 Å². The van der Waals surface area contributed by atoms with E-state index >= 15 is 0 Å². The van der Waals surface area contributed by atoms with Crippen LogP contribution in [0.1, 0.15) is 25.8 Å². The Morgan fingerprint density at radius 3 is 2.30 bits per heavy atom. The van der Waals surface area contributed by atoms with E-state index in [1.54, 1.807) is 12.1 Å². The molecule has 0 aliphatic rings. The van der Waals surface area contributed by atoms with Gasteiger partial charge in [-0.05, 0) is 23.6 Å². The third kappa shape index (κ3) is 4.59. The van der Waals surface area contributed by atoms with Crippen molar-refractivity contribution in [2.24, 2.45) is 16.8 Å². The molecule has 1 unspecified atom stereocenters. The number of nitrogens with one attached hydrogen (secondary N) is 1. The molecule has 1 amide bonds. The minimum absolute atomic E-state index is 0.0453. The van der Waals surface area contributed by atoms with Gasteiger partial charge in [0.2, 0.25) is 15.9 Å². The van der Waals surface area contributed by atoms with Crippen molar-refractivity contribution in [3.8, 4) is 0 Å². The summed E-state index contributed by atoms with van der Waals surface area (Å²) in [7, 11) is -3.69. The molecule has 112 valence electrons. The van der Waals surface area contributed by atoms with Crippen molar-refractivity contribution in [3.63, 3.8) is 0 Å². The van der Waals surface area contributed by atoms with Crippen LogP contribution < -0.4 is 16.2 Å². The van der Waals surface area contributed by atoms with Crippen LogP contribution in [0.25, 0.3) is 0 Å². The quantitative estimate of drug-likeness (QED) is 0.701. The average Bonchev–Trinajstić information content (AvgIpc) is 2.42. The Balaban J connectivity index is 2.61.